The minimum absolute atomic E-state index is 0.0728. The van der Waals surface area contributed by atoms with E-state index in [9.17, 15) is 8.78 Å². The van der Waals surface area contributed by atoms with Gasteiger partial charge < -0.3 is 5.32 Å². The first-order valence-electron chi connectivity index (χ1n) is 6.84. The fourth-order valence-electron chi connectivity index (χ4n) is 2.76. The van der Waals surface area contributed by atoms with Gasteiger partial charge >= 0.3 is 0 Å². The number of halogens is 2. The molecule has 1 N–H and O–H groups in total. The summed E-state index contributed by atoms with van der Waals surface area (Å²) in [5.41, 5.74) is 0.549. The third kappa shape index (κ3) is 3.93. The third-order valence-corrected chi connectivity index (χ3v) is 5.06. The van der Waals surface area contributed by atoms with E-state index in [0.29, 0.717) is 11.6 Å². The fraction of sp³-hybridized carbons (Fsp3) is 0.600. The Morgan fingerprint density at radius 3 is 2.47 bits per heavy atom. The summed E-state index contributed by atoms with van der Waals surface area (Å²) in [5.74, 6) is -0.980. The van der Waals surface area contributed by atoms with Crippen LogP contribution in [0, 0.1) is 11.6 Å². The molecule has 4 heteroatoms. The molecule has 19 heavy (non-hydrogen) atoms. The lowest BCUT2D eigenvalue weighted by atomic mass is 9.93. The maximum Gasteiger partial charge on any atom is 0.130 e. The van der Waals surface area contributed by atoms with Gasteiger partial charge in [0.25, 0.3) is 0 Å². The van der Waals surface area contributed by atoms with Crippen LogP contribution >= 0.6 is 11.8 Å². The molecule has 0 bridgehead atoms. The number of nitrogens with one attached hydrogen (secondary N) is 1. The van der Waals surface area contributed by atoms with Crippen LogP contribution in [-0.4, -0.2) is 17.5 Å². The summed E-state index contributed by atoms with van der Waals surface area (Å²) >= 11 is 1.94. The van der Waals surface area contributed by atoms with E-state index in [2.05, 4.69) is 11.6 Å². The molecule has 106 valence electrons. The van der Waals surface area contributed by atoms with Crippen molar-refractivity contribution in [1.29, 1.82) is 0 Å². The second-order valence-electron chi connectivity index (χ2n) is 5.26. The summed E-state index contributed by atoms with van der Waals surface area (Å²) in [5, 5.41) is 4.24. The molecular formula is C15H21F2NS. The van der Waals surface area contributed by atoms with Gasteiger partial charge in [-0.25, -0.2) is 8.78 Å². The van der Waals surface area contributed by atoms with Crippen LogP contribution in [-0.2, 0) is 0 Å². The first-order valence-corrected chi connectivity index (χ1v) is 8.12. The average Bonchev–Trinajstić information content (AvgIpc) is 2.39. The number of thioether (sulfide) groups is 1. The molecule has 1 aliphatic rings. The molecule has 0 heterocycles. The summed E-state index contributed by atoms with van der Waals surface area (Å²) in [6.07, 6.45) is 6.88. The van der Waals surface area contributed by atoms with Crippen molar-refractivity contribution in [2.24, 2.45) is 0 Å². The Balaban J connectivity index is 1.92. The van der Waals surface area contributed by atoms with Crippen molar-refractivity contribution < 1.29 is 8.78 Å². The maximum atomic E-state index is 13.7. The molecule has 1 fully saturated rings. The molecule has 0 saturated heterocycles. The van der Waals surface area contributed by atoms with Crippen molar-refractivity contribution in [2.75, 3.05) is 6.26 Å². The zero-order valence-electron chi connectivity index (χ0n) is 11.5. The van der Waals surface area contributed by atoms with Gasteiger partial charge in [-0.05, 0) is 44.9 Å². The Morgan fingerprint density at radius 1 is 1.21 bits per heavy atom. The van der Waals surface area contributed by atoms with Gasteiger partial charge in [-0.15, -0.1) is 0 Å². The number of rotatable bonds is 4. The van der Waals surface area contributed by atoms with E-state index < -0.39 is 11.6 Å². The molecule has 1 aromatic rings. The zero-order valence-corrected chi connectivity index (χ0v) is 12.3. The molecule has 1 saturated carbocycles. The van der Waals surface area contributed by atoms with Gasteiger partial charge in [0.05, 0.1) is 0 Å². The standard InChI is InChI=1S/C15H21F2NS/c1-10(14-8-3-11(16)9-15(14)17)18-12-4-6-13(19-2)7-5-12/h3,8-10,12-13,18H,4-7H2,1-2H3. The summed E-state index contributed by atoms with van der Waals surface area (Å²) < 4.78 is 26.6. The van der Waals surface area contributed by atoms with Crippen LogP contribution in [0.1, 0.15) is 44.2 Å². The Labute approximate surface area is 118 Å². The molecule has 0 amide bonds. The molecule has 0 spiro atoms. The smallest absolute Gasteiger partial charge is 0.130 e. The molecule has 0 aliphatic heterocycles. The third-order valence-electron chi connectivity index (χ3n) is 3.92. The van der Waals surface area contributed by atoms with Crippen LogP contribution in [0.4, 0.5) is 8.78 Å². The van der Waals surface area contributed by atoms with Crippen molar-refractivity contribution in [2.45, 2.75) is 49.9 Å². The van der Waals surface area contributed by atoms with E-state index in [1.54, 1.807) is 0 Å². The van der Waals surface area contributed by atoms with Crippen LogP contribution < -0.4 is 5.32 Å². The van der Waals surface area contributed by atoms with Gasteiger partial charge in [0.2, 0.25) is 0 Å². The van der Waals surface area contributed by atoms with E-state index in [0.717, 1.165) is 24.2 Å². The molecule has 1 atom stereocenters. The molecule has 1 aliphatic carbocycles. The number of hydrogen-bond acceptors (Lipinski definition) is 2. The Morgan fingerprint density at radius 2 is 1.89 bits per heavy atom. The predicted molar refractivity (Wildman–Crippen MR) is 77.5 cm³/mol. The minimum Gasteiger partial charge on any atom is -0.307 e. The molecule has 2 rings (SSSR count). The number of benzene rings is 1. The predicted octanol–water partition coefficient (Wildman–Crippen LogP) is 4.29. The second-order valence-corrected chi connectivity index (χ2v) is 6.40. The zero-order chi connectivity index (χ0) is 13.8. The minimum atomic E-state index is -0.520. The first-order chi connectivity index (χ1) is 9.10. The van der Waals surface area contributed by atoms with Gasteiger partial charge in [-0.1, -0.05) is 6.07 Å². The highest BCUT2D eigenvalue weighted by atomic mass is 32.2. The van der Waals surface area contributed by atoms with Gasteiger partial charge in [-0.3, -0.25) is 0 Å². The van der Waals surface area contributed by atoms with Crippen LogP contribution in [0.15, 0.2) is 18.2 Å². The van der Waals surface area contributed by atoms with Crippen molar-refractivity contribution >= 4 is 11.8 Å². The van der Waals surface area contributed by atoms with Crippen molar-refractivity contribution in [3.8, 4) is 0 Å². The molecule has 0 aromatic heterocycles. The maximum absolute atomic E-state index is 13.7. The Bertz CT molecular complexity index is 417. The van der Waals surface area contributed by atoms with Gasteiger partial charge in [0.1, 0.15) is 11.6 Å². The molecular weight excluding hydrogens is 264 g/mol. The largest absolute Gasteiger partial charge is 0.307 e. The summed E-state index contributed by atoms with van der Waals surface area (Å²) in [6, 6.07) is 4.19. The van der Waals surface area contributed by atoms with E-state index in [4.69, 9.17) is 0 Å². The highest BCUT2D eigenvalue weighted by Crippen LogP contribution is 2.28. The lowest BCUT2D eigenvalue weighted by molar-refractivity contribution is 0.348. The van der Waals surface area contributed by atoms with Crippen LogP contribution in [0.5, 0.6) is 0 Å². The molecule has 1 nitrogen and oxygen atoms in total. The number of hydrogen-bond donors (Lipinski definition) is 1. The van der Waals surface area contributed by atoms with Crippen LogP contribution in [0.2, 0.25) is 0 Å². The SMILES string of the molecule is CSC1CCC(NC(C)c2ccc(F)cc2F)CC1. The summed E-state index contributed by atoms with van der Waals surface area (Å²) in [6.45, 7) is 1.94. The lowest BCUT2D eigenvalue weighted by Crippen LogP contribution is -2.35. The van der Waals surface area contributed by atoms with Crippen molar-refractivity contribution in [3.05, 3.63) is 35.4 Å². The molecule has 1 aromatic carbocycles. The normalized spacial score (nSPS) is 25.3. The summed E-state index contributed by atoms with van der Waals surface area (Å²) in [4.78, 5) is 0. The first kappa shape index (κ1) is 14.8. The van der Waals surface area contributed by atoms with E-state index in [1.165, 1.54) is 25.0 Å². The van der Waals surface area contributed by atoms with Crippen LogP contribution in [0.3, 0.4) is 0 Å². The Hall–Kier alpha value is -0.610. The lowest BCUT2D eigenvalue weighted by Gasteiger charge is -2.30. The highest BCUT2D eigenvalue weighted by molar-refractivity contribution is 7.99. The monoisotopic (exact) mass is 285 g/mol. The second kappa shape index (κ2) is 6.71. The topological polar surface area (TPSA) is 12.0 Å². The quantitative estimate of drug-likeness (QED) is 0.885. The Kier molecular flexibility index (Phi) is 5.22. The van der Waals surface area contributed by atoms with Crippen LogP contribution in [0.25, 0.3) is 0 Å². The summed E-state index contributed by atoms with van der Waals surface area (Å²) in [7, 11) is 0. The van der Waals surface area contributed by atoms with E-state index >= 15 is 0 Å². The van der Waals surface area contributed by atoms with Gasteiger partial charge in [0.15, 0.2) is 0 Å². The van der Waals surface area contributed by atoms with Gasteiger partial charge in [-0.2, -0.15) is 11.8 Å². The van der Waals surface area contributed by atoms with Gasteiger partial charge in [0, 0.05) is 29.0 Å². The van der Waals surface area contributed by atoms with E-state index in [1.807, 2.05) is 18.7 Å². The van der Waals surface area contributed by atoms with E-state index in [-0.39, 0.29) is 6.04 Å². The average molecular weight is 285 g/mol. The highest BCUT2D eigenvalue weighted by Gasteiger charge is 2.22. The molecule has 0 radical (unpaired) electrons. The molecule has 1 unspecified atom stereocenters. The van der Waals surface area contributed by atoms with Crippen molar-refractivity contribution in [1.82, 2.24) is 5.32 Å². The van der Waals surface area contributed by atoms with Crippen molar-refractivity contribution in [3.63, 3.8) is 0 Å². The fourth-order valence-corrected chi connectivity index (χ4v) is 3.50.